The topological polar surface area (TPSA) is 55.4 Å². The molecule has 0 saturated heterocycles. The highest BCUT2D eigenvalue weighted by molar-refractivity contribution is 7.89. The van der Waals surface area contributed by atoms with Crippen molar-refractivity contribution in [3.63, 3.8) is 0 Å². The summed E-state index contributed by atoms with van der Waals surface area (Å²) >= 11 is 12.6. The average molecular weight is 352 g/mol. The number of halogens is 2. The highest BCUT2D eigenvalue weighted by atomic mass is 35.5. The quantitative estimate of drug-likeness (QED) is 0.811. The lowest BCUT2D eigenvalue weighted by molar-refractivity contribution is 0.323. The Morgan fingerprint density at radius 3 is 2.50 bits per heavy atom. The van der Waals surface area contributed by atoms with Gasteiger partial charge in [-0.15, -0.1) is 11.3 Å². The maximum Gasteiger partial charge on any atom is 0.243 e. The van der Waals surface area contributed by atoms with Gasteiger partial charge in [-0.2, -0.15) is 0 Å². The summed E-state index contributed by atoms with van der Waals surface area (Å²) in [6.45, 7) is 0.361. The van der Waals surface area contributed by atoms with Crippen LogP contribution in [-0.2, 0) is 10.0 Å². The van der Waals surface area contributed by atoms with Gasteiger partial charge in [-0.3, -0.25) is 0 Å². The number of benzene rings is 1. The first-order valence-corrected chi connectivity index (χ1v) is 8.67. The van der Waals surface area contributed by atoms with Gasteiger partial charge in [0.25, 0.3) is 0 Å². The maximum atomic E-state index is 12.0. The second-order valence-corrected chi connectivity index (χ2v) is 7.77. The van der Waals surface area contributed by atoms with E-state index in [1.165, 1.54) is 6.07 Å². The Morgan fingerprint density at radius 1 is 1.20 bits per heavy atom. The number of nitrogens with one attached hydrogen (secondary N) is 1. The number of thiophene rings is 1. The van der Waals surface area contributed by atoms with E-state index in [-0.39, 0.29) is 22.4 Å². The van der Waals surface area contributed by atoms with Gasteiger partial charge in [-0.1, -0.05) is 41.4 Å². The van der Waals surface area contributed by atoms with Gasteiger partial charge in [0.15, 0.2) is 0 Å². The predicted molar refractivity (Wildman–Crippen MR) is 81.5 cm³/mol. The number of rotatable bonds is 6. The third-order valence-corrected chi connectivity index (χ3v) is 5.54. The largest absolute Gasteiger partial charge is 0.492 e. The van der Waals surface area contributed by atoms with Crippen molar-refractivity contribution in [1.82, 2.24) is 4.72 Å². The first-order chi connectivity index (χ1) is 9.49. The summed E-state index contributed by atoms with van der Waals surface area (Å²) in [5.74, 6) is 0.684. The lowest BCUT2D eigenvalue weighted by Gasteiger charge is -2.07. The van der Waals surface area contributed by atoms with Crippen LogP contribution in [0.25, 0.3) is 0 Å². The molecule has 0 bridgehead atoms. The number of para-hydroxylation sites is 1. The Morgan fingerprint density at radius 2 is 1.90 bits per heavy atom. The molecule has 0 unspecified atom stereocenters. The van der Waals surface area contributed by atoms with Crippen molar-refractivity contribution in [3.05, 3.63) is 45.1 Å². The van der Waals surface area contributed by atoms with Crippen LogP contribution in [0.4, 0.5) is 0 Å². The molecular weight excluding hydrogens is 341 g/mol. The fourth-order valence-electron chi connectivity index (χ4n) is 1.45. The highest BCUT2D eigenvalue weighted by Gasteiger charge is 2.20. The van der Waals surface area contributed by atoms with Crippen LogP contribution >= 0.6 is 34.5 Å². The summed E-state index contributed by atoms with van der Waals surface area (Å²) in [7, 11) is -3.66. The summed E-state index contributed by atoms with van der Waals surface area (Å²) in [6.07, 6.45) is 0. The standard InChI is InChI=1S/C12H11Cl2NO3S2/c13-11-8-10(12(14)19-11)20(16,17)15-6-7-18-9-4-2-1-3-5-9/h1-5,8,15H,6-7H2. The number of sulfonamides is 1. The van der Waals surface area contributed by atoms with E-state index in [4.69, 9.17) is 27.9 Å². The smallest absolute Gasteiger partial charge is 0.243 e. The second-order valence-electron chi connectivity index (χ2n) is 3.75. The summed E-state index contributed by atoms with van der Waals surface area (Å²) in [5, 5.41) is 0. The van der Waals surface area contributed by atoms with Gasteiger partial charge in [0.05, 0.1) is 4.34 Å². The van der Waals surface area contributed by atoms with Gasteiger partial charge in [0, 0.05) is 6.54 Å². The normalized spacial score (nSPS) is 11.5. The molecule has 20 heavy (non-hydrogen) atoms. The first-order valence-electron chi connectivity index (χ1n) is 5.61. The van der Waals surface area contributed by atoms with Crippen molar-refractivity contribution in [2.45, 2.75) is 4.90 Å². The van der Waals surface area contributed by atoms with Gasteiger partial charge in [-0.25, -0.2) is 13.1 Å². The van der Waals surface area contributed by atoms with Crippen molar-refractivity contribution in [2.24, 2.45) is 0 Å². The first kappa shape index (κ1) is 15.6. The van der Waals surface area contributed by atoms with Crippen LogP contribution in [-0.4, -0.2) is 21.6 Å². The van der Waals surface area contributed by atoms with Gasteiger partial charge in [0.1, 0.15) is 21.6 Å². The molecule has 4 nitrogen and oxygen atoms in total. The fourth-order valence-corrected chi connectivity index (χ4v) is 4.61. The fraction of sp³-hybridized carbons (Fsp3) is 0.167. The molecule has 0 radical (unpaired) electrons. The van der Waals surface area contributed by atoms with Crippen molar-refractivity contribution >= 4 is 44.6 Å². The van der Waals surface area contributed by atoms with Crippen molar-refractivity contribution in [2.75, 3.05) is 13.2 Å². The molecule has 0 spiro atoms. The molecule has 0 fully saturated rings. The van der Waals surface area contributed by atoms with Crippen LogP contribution in [0.3, 0.4) is 0 Å². The Hall–Kier alpha value is -0.790. The molecular formula is C12H11Cl2NO3S2. The van der Waals surface area contributed by atoms with E-state index >= 15 is 0 Å². The van der Waals surface area contributed by atoms with Crippen molar-refractivity contribution < 1.29 is 13.2 Å². The molecule has 8 heteroatoms. The van der Waals surface area contributed by atoms with Gasteiger partial charge in [-0.05, 0) is 18.2 Å². The average Bonchev–Trinajstić information content (AvgIpc) is 2.76. The van der Waals surface area contributed by atoms with Crippen LogP contribution in [0, 0.1) is 0 Å². The summed E-state index contributed by atoms with van der Waals surface area (Å²) in [6, 6.07) is 10.5. The van der Waals surface area contributed by atoms with Gasteiger partial charge in [0.2, 0.25) is 10.0 Å². The second kappa shape index (κ2) is 6.78. The Bertz CT molecular complexity index is 671. The molecule has 1 heterocycles. The third-order valence-electron chi connectivity index (χ3n) is 2.32. The molecule has 1 N–H and O–H groups in total. The predicted octanol–water partition coefficient (Wildman–Crippen LogP) is 3.41. The maximum absolute atomic E-state index is 12.0. The molecule has 2 rings (SSSR count). The molecule has 2 aromatic rings. The molecule has 0 saturated carbocycles. The number of ether oxygens (including phenoxy) is 1. The van der Waals surface area contributed by atoms with Gasteiger partial charge < -0.3 is 4.74 Å². The zero-order chi connectivity index (χ0) is 14.6. The Labute approximate surface area is 131 Å². The minimum Gasteiger partial charge on any atom is -0.492 e. The van der Waals surface area contributed by atoms with Crippen LogP contribution in [0.15, 0.2) is 41.3 Å². The molecule has 0 atom stereocenters. The summed E-state index contributed by atoms with van der Waals surface area (Å²) < 4.78 is 32.2. The highest BCUT2D eigenvalue weighted by Crippen LogP contribution is 2.33. The summed E-state index contributed by atoms with van der Waals surface area (Å²) in [4.78, 5) is -0.00567. The Balaban J connectivity index is 1.89. The molecule has 108 valence electrons. The molecule has 1 aromatic carbocycles. The molecule has 0 aliphatic heterocycles. The van der Waals surface area contributed by atoms with Crippen LogP contribution in [0.1, 0.15) is 0 Å². The lowest BCUT2D eigenvalue weighted by atomic mass is 10.3. The SMILES string of the molecule is O=S(=O)(NCCOc1ccccc1)c1cc(Cl)sc1Cl. The minimum atomic E-state index is -3.66. The molecule has 1 aromatic heterocycles. The minimum absolute atomic E-state index is 0.00567. The molecule has 0 aliphatic carbocycles. The van der Waals surface area contributed by atoms with E-state index in [1.54, 1.807) is 12.1 Å². The monoisotopic (exact) mass is 351 g/mol. The van der Waals surface area contributed by atoms with E-state index in [0.29, 0.717) is 10.1 Å². The zero-order valence-electron chi connectivity index (χ0n) is 10.2. The van der Waals surface area contributed by atoms with E-state index in [9.17, 15) is 8.42 Å². The van der Waals surface area contributed by atoms with E-state index in [0.717, 1.165) is 11.3 Å². The van der Waals surface area contributed by atoms with Crippen LogP contribution in [0.2, 0.25) is 8.67 Å². The summed E-state index contributed by atoms with van der Waals surface area (Å²) in [5.41, 5.74) is 0. The van der Waals surface area contributed by atoms with Crippen molar-refractivity contribution in [3.8, 4) is 5.75 Å². The zero-order valence-corrected chi connectivity index (χ0v) is 13.3. The van der Waals surface area contributed by atoms with Crippen LogP contribution < -0.4 is 9.46 Å². The number of hydrogen-bond donors (Lipinski definition) is 1. The van der Waals surface area contributed by atoms with E-state index < -0.39 is 10.0 Å². The Kier molecular flexibility index (Phi) is 5.29. The van der Waals surface area contributed by atoms with Crippen LogP contribution in [0.5, 0.6) is 5.75 Å². The third kappa shape index (κ3) is 4.10. The lowest BCUT2D eigenvalue weighted by Crippen LogP contribution is -2.28. The van der Waals surface area contributed by atoms with Gasteiger partial charge >= 0.3 is 0 Å². The number of hydrogen-bond acceptors (Lipinski definition) is 4. The van der Waals surface area contributed by atoms with E-state index in [2.05, 4.69) is 4.72 Å². The van der Waals surface area contributed by atoms with Crippen molar-refractivity contribution in [1.29, 1.82) is 0 Å². The molecule has 0 amide bonds. The molecule has 0 aliphatic rings. The van der Waals surface area contributed by atoms with E-state index in [1.807, 2.05) is 18.2 Å².